The smallest absolute Gasteiger partial charge is 0.0834 e. The Kier molecular flexibility index (Phi) is 4.81. The summed E-state index contributed by atoms with van der Waals surface area (Å²) in [6.45, 7) is 4.23. The normalized spacial score (nSPS) is 17.6. The third-order valence-electron chi connectivity index (χ3n) is 3.06. The van der Waals surface area contributed by atoms with E-state index in [1.807, 2.05) is 12.1 Å². The Balaban J connectivity index is 1.88. The van der Waals surface area contributed by atoms with Crippen molar-refractivity contribution in [2.24, 2.45) is 5.73 Å². The van der Waals surface area contributed by atoms with Crippen LogP contribution in [0.4, 0.5) is 11.4 Å². The molecule has 1 unspecified atom stereocenters. The lowest BCUT2D eigenvalue weighted by Crippen LogP contribution is -2.36. The van der Waals surface area contributed by atoms with Gasteiger partial charge in [0.1, 0.15) is 0 Å². The zero-order chi connectivity index (χ0) is 12.8. The molecule has 2 rings (SSSR count). The van der Waals surface area contributed by atoms with E-state index < -0.39 is 6.10 Å². The maximum atomic E-state index is 9.37. The molecule has 1 heterocycles. The number of rotatable bonds is 5. The predicted octanol–water partition coefficient (Wildman–Crippen LogP) is 0.255. The number of nitrogens with one attached hydrogen (secondary N) is 1. The fraction of sp³-hybridized carbons (Fsp3) is 0.538. The highest BCUT2D eigenvalue weighted by atomic mass is 16.5. The Morgan fingerprint density at radius 3 is 2.56 bits per heavy atom. The monoisotopic (exact) mass is 251 g/mol. The molecule has 1 saturated heterocycles. The SMILES string of the molecule is NCC(O)CNc1ccc(N2CCOCC2)cc1. The van der Waals surface area contributed by atoms with E-state index in [1.54, 1.807) is 0 Å². The summed E-state index contributed by atoms with van der Waals surface area (Å²) >= 11 is 0. The minimum atomic E-state index is -0.496. The standard InChI is InChI=1S/C13H21N3O2/c14-9-13(17)10-15-11-1-3-12(4-2-11)16-5-7-18-8-6-16/h1-4,13,15,17H,5-10,14H2. The van der Waals surface area contributed by atoms with Gasteiger partial charge in [0.25, 0.3) is 0 Å². The van der Waals surface area contributed by atoms with Crippen LogP contribution in [-0.2, 0) is 4.74 Å². The zero-order valence-corrected chi connectivity index (χ0v) is 10.5. The molecule has 0 aliphatic carbocycles. The van der Waals surface area contributed by atoms with Crippen LogP contribution in [0.25, 0.3) is 0 Å². The number of ether oxygens (including phenoxy) is 1. The van der Waals surface area contributed by atoms with Crippen molar-refractivity contribution in [3.8, 4) is 0 Å². The third kappa shape index (κ3) is 3.60. The number of hydrogen-bond acceptors (Lipinski definition) is 5. The van der Waals surface area contributed by atoms with Crippen LogP contribution >= 0.6 is 0 Å². The first kappa shape index (κ1) is 13.1. The molecule has 1 aromatic rings. The molecule has 0 aromatic heterocycles. The van der Waals surface area contributed by atoms with Gasteiger partial charge in [-0.15, -0.1) is 0 Å². The number of aliphatic hydroxyl groups excluding tert-OH is 1. The van der Waals surface area contributed by atoms with Crippen molar-refractivity contribution >= 4 is 11.4 Å². The summed E-state index contributed by atoms with van der Waals surface area (Å²) in [4.78, 5) is 2.31. The minimum absolute atomic E-state index is 0.277. The van der Waals surface area contributed by atoms with Crippen molar-refractivity contribution in [3.05, 3.63) is 24.3 Å². The number of aliphatic hydroxyl groups is 1. The first-order valence-corrected chi connectivity index (χ1v) is 6.34. The van der Waals surface area contributed by atoms with Gasteiger partial charge in [0.05, 0.1) is 19.3 Å². The fourth-order valence-electron chi connectivity index (χ4n) is 1.93. The summed E-state index contributed by atoms with van der Waals surface area (Å²) in [5.74, 6) is 0. The lowest BCUT2D eigenvalue weighted by atomic mass is 10.2. The van der Waals surface area contributed by atoms with E-state index in [4.69, 9.17) is 10.5 Å². The van der Waals surface area contributed by atoms with Crippen LogP contribution < -0.4 is 16.0 Å². The minimum Gasteiger partial charge on any atom is -0.390 e. The van der Waals surface area contributed by atoms with Gasteiger partial charge in [0.15, 0.2) is 0 Å². The molecule has 100 valence electrons. The average Bonchev–Trinajstić information content (AvgIpc) is 2.46. The van der Waals surface area contributed by atoms with E-state index in [9.17, 15) is 5.11 Å². The van der Waals surface area contributed by atoms with Crippen molar-refractivity contribution in [3.63, 3.8) is 0 Å². The molecule has 1 aliphatic rings. The molecule has 0 amide bonds. The molecule has 0 radical (unpaired) electrons. The van der Waals surface area contributed by atoms with Gasteiger partial charge in [-0.1, -0.05) is 0 Å². The second-order valence-electron chi connectivity index (χ2n) is 4.42. The van der Waals surface area contributed by atoms with E-state index >= 15 is 0 Å². The number of nitrogens with two attached hydrogens (primary N) is 1. The molecule has 0 bridgehead atoms. The lowest BCUT2D eigenvalue weighted by molar-refractivity contribution is 0.122. The summed E-state index contributed by atoms with van der Waals surface area (Å²) in [6.07, 6.45) is -0.496. The Morgan fingerprint density at radius 1 is 1.28 bits per heavy atom. The maximum absolute atomic E-state index is 9.37. The largest absolute Gasteiger partial charge is 0.390 e. The Morgan fingerprint density at radius 2 is 1.94 bits per heavy atom. The maximum Gasteiger partial charge on any atom is 0.0834 e. The highest BCUT2D eigenvalue weighted by Gasteiger charge is 2.10. The molecule has 0 spiro atoms. The first-order valence-electron chi connectivity index (χ1n) is 6.34. The van der Waals surface area contributed by atoms with Gasteiger partial charge in [-0.25, -0.2) is 0 Å². The van der Waals surface area contributed by atoms with Gasteiger partial charge in [-0.2, -0.15) is 0 Å². The fourth-order valence-corrected chi connectivity index (χ4v) is 1.93. The number of anilines is 2. The molecule has 5 heteroatoms. The van der Waals surface area contributed by atoms with Crippen molar-refractivity contribution in [1.29, 1.82) is 0 Å². The predicted molar refractivity (Wildman–Crippen MR) is 73.0 cm³/mol. The zero-order valence-electron chi connectivity index (χ0n) is 10.5. The van der Waals surface area contributed by atoms with Crippen molar-refractivity contribution < 1.29 is 9.84 Å². The number of benzene rings is 1. The quantitative estimate of drug-likeness (QED) is 0.700. The Labute approximate surface area is 108 Å². The van der Waals surface area contributed by atoms with Gasteiger partial charge in [-0.3, -0.25) is 0 Å². The molecule has 1 aliphatic heterocycles. The topological polar surface area (TPSA) is 70.8 Å². The van der Waals surface area contributed by atoms with Crippen LogP contribution in [0.2, 0.25) is 0 Å². The third-order valence-corrected chi connectivity index (χ3v) is 3.06. The molecule has 5 nitrogen and oxygen atoms in total. The van der Waals surface area contributed by atoms with Crippen LogP contribution in [0.1, 0.15) is 0 Å². The van der Waals surface area contributed by atoms with Gasteiger partial charge in [0.2, 0.25) is 0 Å². The van der Waals surface area contributed by atoms with Crippen LogP contribution in [-0.4, -0.2) is 50.6 Å². The second-order valence-corrected chi connectivity index (χ2v) is 4.42. The van der Waals surface area contributed by atoms with Crippen LogP contribution in [0, 0.1) is 0 Å². The summed E-state index contributed by atoms with van der Waals surface area (Å²) in [5, 5.41) is 12.5. The van der Waals surface area contributed by atoms with E-state index in [0.717, 1.165) is 32.0 Å². The molecular formula is C13H21N3O2. The molecule has 1 atom stereocenters. The summed E-state index contributed by atoms with van der Waals surface area (Å²) in [7, 11) is 0. The van der Waals surface area contributed by atoms with Gasteiger partial charge in [-0.05, 0) is 24.3 Å². The molecule has 18 heavy (non-hydrogen) atoms. The summed E-state index contributed by atoms with van der Waals surface area (Å²) in [6, 6.07) is 8.22. The summed E-state index contributed by atoms with van der Waals surface area (Å²) < 4.78 is 5.33. The number of hydrogen-bond donors (Lipinski definition) is 3. The molecule has 0 saturated carbocycles. The molecular weight excluding hydrogens is 230 g/mol. The van der Waals surface area contributed by atoms with E-state index in [1.165, 1.54) is 5.69 Å². The van der Waals surface area contributed by atoms with Gasteiger partial charge >= 0.3 is 0 Å². The Hall–Kier alpha value is -1.30. The highest BCUT2D eigenvalue weighted by molar-refractivity contribution is 5.55. The average molecular weight is 251 g/mol. The highest BCUT2D eigenvalue weighted by Crippen LogP contribution is 2.18. The van der Waals surface area contributed by atoms with Crippen molar-refractivity contribution in [2.75, 3.05) is 49.6 Å². The molecule has 1 fully saturated rings. The van der Waals surface area contributed by atoms with Crippen LogP contribution in [0.15, 0.2) is 24.3 Å². The summed E-state index contributed by atoms with van der Waals surface area (Å²) in [5.41, 5.74) is 7.56. The number of nitrogens with zero attached hydrogens (tertiary/aromatic N) is 1. The van der Waals surface area contributed by atoms with Crippen LogP contribution in [0.3, 0.4) is 0 Å². The van der Waals surface area contributed by atoms with Crippen molar-refractivity contribution in [2.45, 2.75) is 6.10 Å². The van der Waals surface area contributed by atoms with E-state index in [-0.39, 0.29) is 6.54 Å². The second kappa shape index (κ2) is 6.58. The van der Waals surface area contributed by atoms with Gasteiger partial charge < -0.3 is 25.8 Å². The number of morpholine rings is 1. The Bertz CT molecular complexity index is 350. The van der Waals surface area contributed by atoms with Crippen LogP contribution in [0.5, 0.6) is 0 Å². The first-order chi connectivity index (χ1) is 8.79. The van der Waals surface area contributed by atoms with Gasteiger partial charge in [0, 0.05) is 37.6 Å². The van der Waals surface area contributed by atoms with Crippen molar-refractivity contribution in [1.82, 2.24) is 0 Å². The van der Waals surface area contributed by atoms with E-state index in [2.05, 4.69) is 22.3 Å². The molecule has 1 aromatic carbocycles. The molecule has 4 N–H and O–H groups in total. The van der Waals surface area contributed by atoms with E-state index in [0.29, 0.717) is 6.54 Å². The lowest BCUT2D eigenvalue weighted by Gasteiger charge is -2.29.